The summed E-state index contributed by atoms with van der Waals surface area (Å²) in [5.41, 5.74) is 14.2. The standard InChI is InChI=1S/C57H37N5/c1-4-17-38(18-5-1)41-23-14-24-42(35-41)43-25-15-27-45(36-43)61-51-31-12-10-29-47(51)49-33-34-50-48-30-11-13-32-52(48)62(54(50)53(49)61)46-28-16-26-44(37-46)57-59-55(39-19-6-2-7-20-39)58-56(60-57)40-21-8-3-9-22-40/h1-37H. The molecule has 12 rings (SSSR count). The van der Waals surface area contributed by atoms with E-state index in [-0.39, 0.29) is 0 Å². The van der Waals surface area contributed by atoms with Crippen LogP contribution in [0.15, 0.2) is 224 Å². The molecule has 5 nitrogen and oxygen atoms in total. The van der Waals surface area contributed by atoms with Crippen LogP contribution in [0.25, 0.3) is 111 Å². The Morgan fingerprint density at radius 2 is 0.597 bits per heavy atom. The lowest BCUT2D eigenvalue weighted by molar-refractivity contribution is 1.07. The van der Waals surface area contributed by atoms with Crippen molar-refractivity contribution in [2.75, 3.05) is 0 Å². The molecule has 12 aromatic rings. The first-order valence-corrected chi connectivity index (χ1v) is 20.9. The Hall–Kier alpha value is -8.41. The molecular weight excluding hydrogens is 755 g/mol. The fourth-order valence-electron chi connectivity index (χ4n) is 9.09. The van der Waals surface area contributed by atoms with Gasteiger partial charge in [0, 0.05) is 49.6 Å². The van der Waals surface area contributed by atoms with Gasteiger partial charge in [-0.2, -0.15) is 0 Å². The number of hydrogen-bond acceptors (Lipinski definition) is 3. The van der Waals surface area contributed by atoms with Crippen molar-refractivity contribution < 1.29 is 0 Å². The number of rotatable bonds is 7. The molecule has 0 amide bonds. The molecular formula is C57H37N5. The maximum Gasteiger partial charge on any atom is 0.164 e. The number of benzene rings is 9. The lowest BCUT2D eigenvalue weighted by Crippen LogP contribution is -2.01. The lowest BCUT2D eigenvalue weighted by Gasteiger charge is -2.14. The third kappa shape index (κ3) is 5.98. The average Bonchev–Trinajstić information content (AvgIpc) is 3.88. The van der Waals surface area contributed by atoms with Crippen molar-refractivity contribution in [1.82, 2.24) is 24.1 Å². The second kappa shape index (κ2) is 14.7. The van der Waals surface area contributed by atoms with Gasteiger partial charge in [-0.3, -0.25) is 0 Å². The number of nitrogens with zero attached hydrogens (tertiary/aromatic N) is 5. The van der Waals surface area contributed by atoms with E-state index >= 15 is 0 Å². The second-order valence-electron chi connectivity index (χ2n) is 15.6. The highest BCUT2D eigenvalue weighted by Crippen LogP contribution is 2.42. The largest absolute Gasteiger partial charge is 0.307 e. The topological polar surface area (TPSA) is 48.5 Å². The van der Waals surface area contributed by atoms with E-state index in [1.807, 2.05) is 60.7 Å². The highest BCUT2D eigenvalue weighted by molar-refractivity contribution is 6.23. The molecule has 0 fully saturated rings. The van der Waals surface area contributed by atoms with Crippen LogP contribution >= 0.6 is 0 Å². The molecule has 0 saturated heterocycles. The third-order valence-corrected chi connectivity index (χ3v) is 11.9. The summed E-state index contributed by atoms with van der Waals surface area (Å²) < 4.78 is 4.89. The maximum atomic E-state index is 5.10. The second-order valence-corrected chi connectivity index (χ2v) is 15.6. The molecule has 0 radical (unpaired) electrons. The summed E-state index contributed by atoms with van der Waals surface area (Å²) in [6, 6.07) is 79.4. The van der Waals surface area contributed by atoms with Crippen LogP contribution in [0, 0.1) is 0 Å². The molecule has 0 aliphatic carbocycles. The summed E-state index contributed by atoms with van der Waals surface area (Å²) in [4.78, 5) is 15.2. The van der Waals surface area contributed by atoms with Crippen LogP contribution < -0.4 is 0 Å². The summed E-state index contributed by atoms with van der Waals surface area (Å²) in [5, 5.41) is 4.78. The van der Waals surface area contributed by atoms with E-state index in [9.17, 15) is 0 Å². The van der Waals surface area contributed by atoms with Crippen molar-refractivity contribution in [3.8, 4) is 67.8 Å². The smallest absolute Gasteiger partial charge is 0.164 e. The van der Waals surface area contributed by atoms with Gasteiger partial charge >= 0.3 is 0 Å². The van der Waals surface area contributed by atoms with Crippen molar-refractivity contribution >= 4 is 43.6 Å². The molecule has 0 spiro atoms. The SMILES string of the molecule is c1ccc(-c2cccc(-c3cccc(-n4c5ccccc5c5ccc6c7ccccc7n(-c7cccc(-c8nc(-c9ccccc9)nc(-c9ccccc9)n8)c7)c6c54)c3)c2)cc1. The lowest BCUT2D eigenvalue weighted by atomic mass is 9.99. The molecule has 0 atom stereocenters. The number of hydrogen-bond donors (Lipinski definition) is 0. The van der Waals surface area contributed by atoms with E-state index in [0.717, 1.165) is 55.7 Å². The summed E-state index contributed by atoms with van der Waals surface area (Å²) in [6.45, 7) is 0. The van der Waals surface area contributed by atoms with Gasteiger partial charge in [0.2, 0.25) is 0 Å². The van der Waals surface area contributed by atoms with Crippen molar-refractivity contribution in [3.05, 3.63) is 224 Å². The Morgan fingerprint density at radius 3 is 1.11 bits per heavy atom. The van der Waals surface area contributed by atoms with Crippen LogP contribution in [0.1, 0.15) is 0 Å². The van der Waals surface area contributed by atoms with Crippen LogP contribution in [-0.4, -0.2) is 24.1 Å². The Kier molecular flexibility index (Phi) is 8.42. The summed E-state index contributed by atoms with van der Waals surface area (Å²) in [5.74, 6) is 1.89. The van der Waals surface area contributed by atoms with Gasteiger partial charge in [-0.25, -0.2) is 15.0 Å². The highest BCUT2D eigenvalue weighted by atomic mass is 15.1. The minimum Gasteiger partial charge on any atom is -0.307 e. The van der Waals surface area contributed by atoms with Gasteiger partial charge in [0.15, 0.2) is 17.5 Å². The summed E-state index contributed by atoms with van der Waals surface area (Å²) >= 11 is 0. The minimum atomic E-state index is 0.618. The zero-order valence-corrected chi connectivity index (χ0v) is 33.6. The van der Waals surface area contributed by atoms with Gasteiger partial charge < -0.3 is 9.13 Å². The van der Waals surface area contributed by atoms with E-state index in [2.05, 4.69) is 173 Å². The van der Waals surface area contributed by atoms with Crippen LogP contribution in [0.5, 0.6) is 0 Å². The van der Waals surface area contributed by atoms with Gasteiger partial charge in [-0.1, -0.05) is 182 Å². The number of fused-ring (bicyclic) bond motifs is 7. The maximum absolute atomic E-state index is 5.10. The van der Waals surface area contributed by atoms with Crippen molar-refractivity contribution in [1.29, 1.82) is 0 Å². The van der Waals surface area contributed by atoms with Crippen LogP contribution in [0.2, 0.25) is 0 Å². The molecule has 62 heavy (non-hydrogen) atoms. The molecule has 0 N–H and O–H groups in total. The van der Waals surface area contributed by atoms with Gasteiger partial charge in [0.25, 0.3) is 0 Å². The van der Waals surface area contributed by atoms with E-state index in [0.29, 0.717) is 17.5 Å². The molecule has 0 aliphatic heterocycles. The molecule has 9 aromatic carbocycles. The Labute approximate surface area is 358 Å². The molecule has 0 unspecified atom stereocenters. The van der Waals surface area contributed by atoms with E-state index in [4.69, 9.17) is 15.0 Å². The first-order valence-electron chi connectivity index (χ1n) is 20.9. The predicted octanol–water partition coefficient (Wildman–Crippen LogP) is 14.4. The van der Waals surface area contributed by atoms with Crippen molar-refractivity contribution in [2.45, 2.75) is 0 Å². The Morgan fingerprint density at radius 1 is 0.242 bits per heavy atom. The third-order valence-electron chi connectivity index (χ3n) is 11.9. The molecule has 0 saturated carbocycles. The Balaban J connectivity index is 1.09. The first kappa shape index (κ1) is 35.5. The number of aromatic nitrogens is 5. The van der Waals surface area contributed by atoms with Crippen molar-refractivity contribution in [3.63, 3.8) is 0 Å². The molecule has 3 aromatic heterocycles. The molecule has 290 valence electrons. The van der Waals surface area contributed by atoms with E-state index in [1.54, 1.807) is 0 Å². The predicted molar refractivity (Wildman–Crippen MR) is 256 cm³/mol. The van der Waals surface area contributed by atoms with E-state index < -0.39 is 0 Å². The molecule has 0 aliphatic rings. The Bertz CT molecular complexity index is 3570. The zero-order chi connectivity index (χ0) is 41.0. The van der Waals surface area contributed by atoms with E-state index in [1.165, 1.54) is 38.2 Å². The van der Waals surface area contributed by atoms with Gasteiger partial charge in [-0.05, 0) is 64.7 Å². The quantitative estimate of drug-likeness (QED) is 0.162. The molecule has 0 bridgehead atoms. The van der Waals surface area contributed by atoms with Crippen LogP contribution in [-0.2, 0) is 0 Å². The molecule has 5 heteroatoms. The normalized spacial score (nSPS) is 11.5. The van der Waals surface area contributed by atoms with Crippen LogP contribution in [0.4, 0.5) is 0 Å². The minimum absolute atomic E-state index is 0.618. The fourth-order valence-corrected chi connectivity index (χ4v) is 9.09. The van der Waals surface area contributed by atoms with Gasteiger partial charge in [0.05, 0.1) is 22.1 Å². The fraction of sp³-hybridized carbons (Fsp3) is 0. The van der Waals surface area contributed by atoms with Gasteiger partial charge in [-0.15, -0.1) is 0 Å². The summed E-state index contributed by atoms with van der Waals surface area (Å²) in [6.07, 6.45) is 0. The monoisotopic (exact) mass is 791 g/mol. The molecule has 3 heterocycles. The first-order chi connectivity index (χ1) is 30.7. The van der Waals surface area contributed by atoms with Gasteiger partial charge in [0.1, 0.15) is 0 Å². The summed E-state index contributed by atoms with van der Waals surface area (Å²) in [7, 11) is 0. The van der Waals surface area contributed by atoms with Crippen molar-refractivity contribution in [2.24, 2.45) is 0 Å². The highest BCUT2D eigenvalue weighted by Gasteiger charge is 2.22. The number of para-hydroxylation sites is 2. The van der Waals surface area contributed by atoms with Crippen LogP contribution in [0.3, 0.4) is 0 Å². The average molecular weight is 792 g/mol. The zero-order valence-electron chi connectivity index (χ0n) is 33.6.